The Kier molecular flexibility index (Phi) is 4.29. The van der Waals surface area contributed by atoms with Crippen LogP contribution in [0.15, 0.2) is 23.1 Å². The van der Waals surface area contributed by atoms with Gasteiger partial charge in [-0.15, -0.1) is 0 Å². The molecule has 1 saturated heterocycles. The summed E-state index contributed by atoms with van der Waals surface area (Å²) in [4.78, 5) is 22.9. The van der Waals surface area contributed by atoms with E-state index in [1.54, 1.807) is 13.0 Å². The van der Waals surface area contributed by atoms with E-state index < -0.39 is 16.0 Å². The fourth-order valence-corrected chi connectivity index (χ4v) is 3.73. The molecule has 1 amide bonds. The molecule has 0 radical (unpaired) electrons. The molecule has 2 rings (SSSR count). The smallest absolute Gasteiger partial charge is 0.337 e. The van der Waals surface area contributed by atoms with Crippen LogP contribution in [0.2, 0.25) is 0 Å². The molecule has 1 fully saturated rings. The van der Waals surface area contributed by atoms with Gasteiger partial charge >= 0.3 is 5.97 Å². The third kappa shape index (κ3) is 3.06. The SMILES string of the molecule is COC(=O)c1ccc(C)c(S(=O)(=O)N2CCNC(=O)C2)c1. The van der Waals surface area contributed by atoms with E-state index >= 15 is 0 Å². The summed E-state index contributed by atoms with van der Waals surface area (Å²) < 4.78 is 30.9. The number of carbonyl (C=O) groups excluding carboxylic acids is 2. The van der Waals surface area contributed by atoms with E-state index in [1.807, 2.05) is 0 Å². The second-order valence-corrected chi connectivity index (χ2v) is 6.57. The molecule has 0 aliphatic carbocycles. The van der Waals surface area contributed by atoms with E-state index in [9.17, 15) is 18.0 Å². The Morgan fingerprint density at radius 2 is 2.10 bits per heavy atom. The number of hydrogen-bond donors (Lipinski definition) is 1. The first-order chi connectivity index (χ1) is 9.86. The lowest BCUT2D eigenvalue weighted by Crippen LogP contribution is -2.49. The average molecular weight is 312 g/mol. The van der Waals surface area contributed by atoms with Gasteiger partial charge in [-0.1, -0.05) is 6.07 Å². The number of ether oxygens (including phenoxy) is 1. The van der Waals surface area contributed by atoms with Gasteiger partial charge in [0, 0.05) is 13.1 Å². The van der Waals surface area contributed by atoms with Crippen molar-refractivity contribution in [3.63, 3.8) is 0 Å². The number of amides is 1. The van der Waals surface area contributed by atoms with Crippen molar-refractivity contribution >= 4 is 21.9 Å². The van der Waals surface area contributed by atoms with Gasteiger partial charge in [-0.3, -0.25) is 4.79 Å². The number of nitrogens with one attached hydrogen (secondary N) is 1. The van der Waals surface area contributed by atoms with Crippen LogP contribution in [-0.2, 0) is 19.6 Å². The van der Waals surface area contributed by atoms with Crippen LogP contribution in [0.4, 0.5) is 0 Å². The summed E-state index contributed by atoms with van der Waals surface area (Å²) in [7, 11) is -2.60. The van der Waals surface area contributed by atoms with Crippen molar-refractivity contribution in [2.24, 2.45) is 0 Å². The maximum absolute atomic E-state index is 12.6. The first-order valence-electron chi connectivity index (χ1n) is 6.32. The third-order valence-corrected chi connectivity index (χ3v) is 5.22. The maximum Gasteiger partial charge on any atom is 0.337 e. The molecule has 1 N–H and O–H groups in total. The van der Waals surface area contributed by atoms with Gasteiger partial charge in [0.15, 0.2) is 0 Å². The highest BCUT2D eigenvalue weighted by atomic mass is 32.2. The molecule has 1 aliphatic heterocycles. The molecule has 0 unspecified atom stereocenters. The fraction of sp³-hybridized carbons (Fsp3) is 0.385. The molecule has 1 heterocycles. The van der Waals surface area contributed by atoms with Gasteiger partial charge in [0.2, 0.25) is 15.9 Å². The third-order valence-electron chi connectivity index (χ3n) is 3.23. The molecule has 0 bridgehead atoms. The van der Waals surface area contributed by atoms with E-state index in [1.165, 1.54) is 19.2 Å². The minimum absolute atomic E-state index is 0.0140. The minimum Gasteiger partial charge on any atom is -0.465 e. The number of aryl methyl sites for hydroxylation is 1. The van der Waals surface area contributed by atoms with Gasteiger partial charge < -0.3 is 10.1 Å². The van der Waals surface area contributed by atoms with Crippen molar-refractivity contribution in [1.82, 2.24) is 9.62 Å². The molecule has 0 aromatic heterocycles. The Morgan fingerprint density at radius 3 is 2.71 bits per heavy atom. The molecule has 0 atom stereocenters. The second-order valence-electron chi connectivity index (χ2n) is 4.66. The van der Waals surface area contributed by atoms with Gasteiger partial charge in [0.1, 0.15) is 0 Å². The van der Waals surface area contributed by atoms with Crippen molar-refractivity contribution < 1.29 is 22.7 Å². The predicted molar refractivity (Wildman–Crippen MR) is 74.3 cm³/mol. The van der Waals surface area contributed by atoms with Crippen molar-refractivity contribution in [2.75, 3.05) is 26.7 Å². The van der Waals surface area contributed by atoms with Crippen molar-refractivity contribution in [1.29, 1.82) is 0 Å². The van der Waals surface area contributed by atoms with Gasteiger partial charge in [0.05, 0.1) is 24.1 Å². The first kappa shape index (κ1) is 15.5. The van der Waals surface area contributed by atoms with Crippen LogP contribution in [0.3, 0.4) is 0 Å². The number of esters is 1. The quantitative estimate of drug-likeness (QED) is 0.787. The first-order valence-corrected chi connectivity index (χ1v) is 7.76. The standard InChI is InChI=1S/C13H16N2O5S/c1-9-3-4-10(13(17)20-2)7-11(9)21(18,19)15-6-5-14-12(16)8-15/h3-4,7H,5-6,8H2,1-2H3,(H,14,16). The van der Waals surface area contributed by atoms with Crippen LogP contribution in [0.25, 0.3) is 0 Å². The average Bonchev–Trinajstić information content (AvgIpc) is 2.46. The number of hydrogen-bond acceptors (Lipinski definition) is 5. The molecule has 21 heavy (non-hydrogen) atoms. The van der Waals surface area contributed by atoms with Gasteiger partial charge in [-0.2, -0.15) is 4.31 Å². The maximum atomic E-state index is 12.6. The zero-order valence-electron chi connectivity index (χ0n) is 11.8. The highest BCUT2D eigenvalue weighted by Crippen LogP contribution is 2.22. The predicted octanol–water partition coefficient (Wildman–Crippen LogP) is -0.0979. The summed E-state index contributed by atoms with van der Waals surface area (Å²) in [6, 6.07) is 4.33. The van der Waals surface area contributed by atoms with Crippen LogP contribution in [-0.4, -0.2) is 51.3 Å². The molecule has 114 valence electrons. The molecule has 1 aromatic carbocycles. The van der Waals surface area contributed by atoms with Gasteiger partial charge in [-0.25, -0.2) is 13.2 Å². The van der Waals surface area contributed by atoms with Gasteiger partial charge in [-0.05, 0) is 24.6 Å². The Hall–Kier alpha value is -1.93. The largest absolute Gasteiger partial charge is 0.465 e. The van der Waals surface area contributed by atoms with E-state index in [2.05, 4.69) is 10.1 Å². The lowest BCUT2D eigenvalue weighted by Gasteiger charge is -2.26. The van der Waals surface area contributed by atoms with Crippen molar-refractivity contribution in [3.8, 4) is 0 Å². The molecule has 0 saturated carbocycles. The zero-order valence-corrected chi connectivity index (χ0v) is 12.6. The van der Waals surface area contributed by atoms with Crippen LogP contribution in [0, 0.1) is 6.92 Å². The van der Waals surface area contributed by atoms with Crippen LogP contribution in [0.1, 0.15) is 15.9 Å². The Labute approximate surface area is 122 Å². The van der Waals surface area contributed by atoms with Gasteiger partial charge in [0.25, 0.3) is 0 Å². The van der Waals surface area contributed by atoms with E-state index in [-0.39, 0.29) is 36.0 Å². The highest BCUT2D eigenvalue weighted by Gasteiger charge is 2.30. The number of carbonyl (C=O) groups is 2. The van der Waals surface area contributed by atoms with Crippen molar-refractivity contribution in [3.05, 3.63) is 29.3 Å². The Morgan fingerprint density at radius 1 is 1.38 bits per heavy atom. The van der Waals surface area contributed by atoms with Crippen LogP contribution in [0.5, 0.6) is 0 Å². The molecule has 1 aliphatic rings. The molecule has 0 spiro atoms. The summed E-state index contributed by atoms with van der Waals surface area (Å²) in [5.74, 6) is -0.950. The van der Waals surface area contributed by atoms with Crippen LogP contribution >= 0.6 is 0 Å². The van der Waals surface area contributed by atoms with Crippen LogP contribution < -0.4 is 5.32 Å². The van der Waals surface area contributed by atoms with E-state index in [0.29, 0.717) is 5.56 Å². The topological polar surface area (TPSA) is 92.8 Å². The molecular weight excluding hydrogens is 296 g/mol. The number of nitrogens with zero attached hydrogens (tertiary/aromatic N) is 1. The minimum atomic E-state index is -3.83. The highest BCUT2D eigenvalue weighted by molar-refractivity contribution is 7.89. The summed E-state index contributed by atoms with van der Waals surface area (Å²) in [5.41, 5.74) is 0.664. The lowest BCUT2D eigenvalue weighted by molar-refractivity contribution is -0.122. The van der Waals surface area contributed by atoms with E-state index in [4.69, 9.17) is 0 Å². The number of rotatable bonds is 3. The summed E-state index contributed by atoms with van der Waals surface area (Å²) in [5, 5.41) is 2.57. The summed E-state index contributed by atoms with van der Waals surface area (Å²) in [6.07, 6.45) is 0. The summed E-state index contributed by atoms with van der Waals surface area (Å²) in [6.45, 7) is 1.89. The Bertz CT molecular complexity index is 684. The van der Waals surface area contributed by atoms with E-state index in [0.717, 1.165) is 4.31 Å². The normalized spacial score (nSPS) is 16.4. The molecule has 7 nitrogen and oxygen atoms in total. The Balaban J connectivity index is 2.43. The molecule has 1 aromatic rings. The lowest BCUT2D eigenvalue weighted by atomic mass is 10.1. The number of sulfonamides is 1. The summed E-state index contributed by atoms with van der Waals surface area (Å²) >= 11 is 0. The zero-order chi connectivity index (χ0) is 15.6. The number of piperazine rings is 1. The molecule has 8 heteroatoms. The fourth-order valence-electron chi connectivity index (χ4n) is 2.08. The van der Waals surface area contributed by atoms with Crippen molar-refractivity contribution in [2.45, 2.75) is 11.8 Å². The number of benzene rings is 1. The molecular formula is C13H16N2O5S. The second kappa shape index (κ2) is 5.82. The monoisotopic (exact) mass is 312 g/mol. The number of methoxy groups -OCH3 is 1.